The average molecular weight is 525 g/mol. The van der Waals surface area contributed by atoms with E-state index in [-0.39, 0.29) is 12.3 Å². The van der Waals surface area contributed by atoms with Gasteiger partial charge in [0.1, 0.15) is 18.0 Å². The number of rotatable bonds is 8. The van der Waals surface area contributed by atoms with Gasteiger partial charge in [0.2, 0.25) is 0 Å². The molecule has 0 fully saturated rings. The normalized spacial score (nSPS) is 11.8. The van der Waals surface area contributed by atoms with Gasteiger partial charge in [0.05, 0.1) is 22.8 Å². The number of hydrogen-bond acceptors (Lipinski definition) is 7. The number of benzene rings is 2. The molecule has 0 aliphatic rings. The van der Waals surface area contributed by atoms with Gasteiger partial charge in [-0.05, 0) is 83.0 Å². The lowest BCUT2D eigenvalue weighted by Crippen LogP contribution is -2.33. The molecule has 0 radical (unpaired) electrons. The molecular weight excluding hydrogens is 488 g/mol. The van der Waals surface area contributed by atoms with Crippen molar-refractivity contribution in [2.75, 3.05) is 30.1 Å². The summed E-state index contributed by atoms with van der Waals surface area (Å²) in [7, 11) is 1.84. The van der Waals surface area contributed by atoms with Crippen LogP contribution < -0.4 is 15.4 Å². The van der Waals surface area contributed by atoms with Gasteiger partial charge >= 0.3 is 5.63 Å². The fraction of sp³-hybridized carbons (Fsp3) is 0.344. The first-order valence-corrected chi connectivity index (χ1v) is 13.1. The molecule has 0 unspecified atom stereocenters. The molecule has 2 aromatic carbocycles. The second-order valence-corrected chi connectivity index (χ2v) is 11.2. The molecule has 0 spiro atoms. The van der Waals surface area contributed by atoms with Gasteiger partial charge in [-0.1, -0.05) is 24.3 Å². The van der Waals surface area contributed by atoms with Crippen LogP contribution in [-0.4, -0.2) is 30.9 Å². The van der Waals surface area contributed by atoms with Gasteiger partial charge in [-0.25, -0.2) is 4.79 Å². The fourth-order valence-corrected chi connectivity index (χ4v) is 4.45. The van der Waals surface area contributed by atoms with E-state index in [2.05, 4.69) is 16.0 Å². The predicted octanol–water partition coefficient (Wildman–Crippen LogP) is 7.02. The maximum atomic E-state index is 13.5. The molecule has 0 bridgehead atoms. The minimum Gasteiger partial charge on any atom is -0.421 e. The van der Waals surface area contributed by atoms with Crippen molar-refractivity contribution in [1.82, 2.24) is 4.98 Å². The molecular formula is C32H36N4O3. The van der Waals surface area contributed by atoms with Crippen LogP contribution in [0.15, 0.2) is 76.2 Å². The van der Waals surface area contributed by atoms with Crippen molar-refractivity contribution in [2.24, 2.45) is 0 Å². The summed E-state index contributed by atoms with van der Waals surface area (Å²) in [6.07, 6.45) is 3.56. The highest BCUT2D eigenvalue weighted by molar-refractivity contribution is 6.01. The number of hydrogen-bond donors (Lipinski definition) is 0. The van der Waals surface area contributed by atoms with Crippen molar-refractivity contribution in [3.05, 3.63) is 83.0 Å². The third kappa shape index (κ3) is 5.97. The van der Waals surface area contributed by atoms with Gasteiger partial charge in [0.25, 0.3) is 0 Å². The molecule has 4 rings (SSSR count). The van der Waals surface area contributed by atoms with Crippen LogP contribution in [0.1, 0.15) is 47.1 Å². The van der Waals surface area contributed by atoms with Crippen molar-refractivity contribution in [3.8, 4) is 17.2 Å². The van der Waals surface area contributed by atoms with E-state index in [9.17, 15) is 10.1 Å². The van der Waals surface area contributed by atoms with E-state index < -0.39 is 11.0 Å². The maximum Gasteiger partial charge on any atom is 0.362 e. The van der Waals surface area contributed by atoms with Crippen LogP contribution in [0, 0.1) is 11.3 Å². The number of fused-ring (bicyclic) bond motifs is 1. The summed E-state index contributed by atoms with van der Waals surface area (Å²) in [5.41, 5.74) is 3.99. The summed E-state index contributed by atoms with van der Waals surface area (Å²) < 4.78 is 11.9. The van der Waals surface area contributed by atoms with E-state index in [1.165, 1.54) is 0 Å². The zero-order valence-electron chi connectivity index (χ0n) is 23.8. The number of pyridine rings is 1. The van der Waals surface area contributed by atoms with Crippen molar-refractivity contribution < 1.29 is 9.15 Å². The van der Waals surface area contributed by atoms with Crippen molar-refractivity contribution in [3.63, 3.8) is 0 Å². The Hall–Kier alpha value is -4.15. The average Bonchev–Trinajstić information content (AvgIpc) is 2.92. The number of nitrogens with zero attached hydrogens (tertiary/aromatic N) is 4. The van der Waals surface area contributed by atoms with Gasteiger partial charge in [-0.2, -0.15) is 5.26 Å². The topological polar surface area (TPSA) is 82.6 Å². The Morgan fingerprint density at radius 2 is 1.72 bits per heavy atom. The van der Waals surface area contributed by atoms with E-state index in [1.807, 2.05) is 109 Å². The smallest absolute Gasteiger partial charge is 0.362 e. The molecule has 202 valence electrons. The lowest BCUT2D eigenvalue weighted by atomic mass is 9.86. The number of anilines is 3. The number of ether oxygens (including phenoxy) is 1. The molecule has 0 saturated heterocycles. The Kier molecular flexibility index (Phi) is 7.80. The quantitative estimate of drug-likeness (QED) is 0.181. The molecule has 4 aromatic rings. The predicted molar refractivity (Wildman–Crippen MR) is 158 cm³/mol. The Bertz CT molecular complexity index is 1550. The number of aromatic nitrogens is 1. The van der Waals surface area contributed by atoms with Crippen LogP contribution in [0.25, 0.3) is 22.1 Å². The molecule has 0 atom stereocenters. The molecule has 0 N–H and O–H groups in total. The van der Waals surface area contributed by atoms with Crippen LogP contribution in [0.4, 0.5) is 17.1 Å². The maximum absolute atomic E-state index is 13.5. The van der Waals surface area contributed by atoms with Crippen LogP contribution in [0.3, 0.4) is 0 Å². The zero-order chi connectivity index (χ0) is 28.4. The van der Waals surface area contributed by atoms with Gasteiger partial charge < -0.3 is 19.0 Å². The molecule has 2 aromatic heterocycles. The zero-order valence-corrected chi connectivity index (χ0v) is 23.8. The second-order valence-electron chi connectivity index (χ2n) is 11.2. The Balaban J connectivity index is 1.96. The van der Waals surface area contributed by atoms with Crippen molar-refractivity contribution in [2.45, 2.75) is 52.6 Å². The van der Waals surface area contributed by atoms with Crippen molar-refractivity contribution in [1.29, 1.82) is 5.26 Å². The molecule has 0 aliphatic carbocycles. The summed E-state index contributed by atoms with van der Waals surface area (Å²) in [4.78, 5) is 21.7. The Labute approximate surface area is 230 Å². The van der Waals surface area contributed by atoms with E-state index >= 15 is 0 Å². The summed E-state index contributed by atoms with van der Waals surface area (Å²) >= 11 is 0. The second kappa shape index (κ2) is 10.9. The lowest BCUT2D eigenvalue weighted by Gasteiger charge is -2.31. The third-order valence-electron chi connectivity index (χ3n) is 6.69. The summed E-state index contributed by atoms with van der Waals surface area (Å²) in [6.45, 7) is 12.6. The highest BCUT2D eigenvalue weighted by Crippen LogP contribution is 2.40. The standard InChI is InChI=1S/C32H36N4O3/c1-8-36(25-14-12-24(13-15-25)32(5,6)20-33)28-26-18-22(23-10-9-17-34-19-23)11-16-27(26)39-30(37)29(28)35(7)21-38-31(2,3)4/h9-19H,8,21H2,1-7H3. The SMILES string of the molecule is CCN(c1ccc(C(C)(C)C#N)cc1)c1c(N(C)COC(C)(C)C)c(=O)oc2ccc(-c3cccnc3)cc12. The van der Waals surface area contributed by atoms with E-state index in [0.717, 1.165) is 33.5 Å². The van der Waals surface area contributed by atoms with Gasteiger partial charge in [-0.15, -0.1) is 0 Å². The van der Waals surface area contributed by atoms with Gasteiger partial charge in [-0.3, -0.25) is 4.98 Å². The first-order chi connectivity index (χ1) is 18.4. The van der Waals surface area contributed by atoms with Crippen LogP contribution in [0.2, 0.25) is 0 Å². The summed E-state index contributed by atoms with van der Waals surface area (Å²) in [5, 5.41) is 10.4. The van der Waals surface area contributed by atoms with E-state index in [1.54, 1.807) is 11.1 Å². The summed E-state index contributed by atoms with van der Waals surface area (Å²) in [6, 6.07) is 20.0. The fourth-order valence-electron chi connectivity index (χ4n) is 4.45. The Morgan fingerprint density at radius 3 is 2.31 bits per heavy atom. The molecule has 2 heterocycles. The van der Waals surface area contributed by atoms with Crippen molar-refractivity contribution >= 4 is 28.0 Å². The third-order valence-corrected chi connectivity index (χ3v) is 6.69. The Morgan fingerprint density at radius 1 is 1.00 bits per heavy atom. The highest BCUT2D eigenvalue weighted by atomic mass is 16.5. The molecule has 0 amide bonds. The minimum absolute atomic E-state index is 0.210. The molecule has 0 aliphatic heterocycles. The first-order valence-electron chi connectivity index (χ1n) is 13.1. The minimum atomic E-state index is -0.607. The molecule has 0 saturated carbocycles. The lowest BCUT2D eigenvalue weighted by molar-refractivity contribution is -0.000775. The summed E-state index contributed by atoms with van der Waals surface area (Å²) in [5.74, 6) is 0. The van der Waals surface area contributed by atoms with E-state index in [0.29, 0.717) is 17.8 Å². The largest absolute Gasteiger partial charge is 0.421 e. The van der Waals surface area contributed by atoms with E-state index in [4.69, 9.17) is 9.15 Å². The van der Waals surface area contributed by atoms with Gasteiger partial charge in [0.15, 0.2) is 0 Å². The first kappa shape index (κ1) is 27.9. The molecule has 39 heavy (non-hydrogen) atoms. The van der Waals surface area contributed by atoms with Crippen LogP contribution in [-0.2, 0) is 10.2 Å². The highest BCUT2D eigenvalue weighted by Gasteiger charge is 2.26. The number of nitriles is 1. The van der Waals surface area contributed by atoms with Crippen LogP contribution in [0.5, 0.6) is 0 Å². The molecule has 7 nitrogen and oxygen atoms in total. The van der Waals surface area contributed by atoms with Gasteiger partial charge in [0, 0.05) is 42.6 Å². The van der Waals surface area contributed by atoms with Crippen LogP contribution >= 0.6 is 0 Å². The monoisotopic (exact) mass is 524 g/mol. The molecule has 7 heteroatoms.